The topological polar surface area (TPSA) is 80.2 Å². The van der Waals surface area contributed by atoms with Crippen LogP contribution in [-0.2, 0) is 0 Å². The molecule has 1 aliphatic rings. The Bertz CT molecular complexity index is 1210. The molecule has 1 aliphatic carbocycles. The summed E-state index contributed by atoms with van der Waals surface area (Å²) in [6, 6.07) is 16.1. The zero-order chi connectivity index (χ0) is 22.7. The van der Waals surface area contributed by atoms with Crippen LogP contribution in [0.5, 0.6) is 0 Å². The van der Waals surface area contributed by atoms with Crippen LogP contribution in [0.3, 0.4) is 0 Å². The van der Waals surface area contributed by atoms with Gasteiger partial charge in [-0.05, 0) is 67.8 Å². The quantitative estimate of drug-likeness (QED) is 0.586. The molecule has 1 heterocycles. The van der Waals surface area contributed by atoms with Gasteiger partial charge in [0, 0.05) is 40.6 Å². The third-order valence-electron chi connectivity index (χ3n) is 5.55. The summed E-state index contributed by atoms with van der Waals surface area (Å²) in [6.45, 7) is 0. The molecule has 0 spiro atoms. The standard InChI is InChI=1S/C24H21Cl2N3O3/c25-16-9-12-18(19(26)14-16)24(32)28-21-5-3-4-20(21)27-23(31)15-7-10-17(11-8-15)29-13-2-1-6-22(29)30/h1-2,6-14,20-21H,3-5H2,(H,27,31)(H,28,32)/t20?,21-/m1/s1. The predicted octanol–water partition coefficient (Wildman–Crippen LogP) is 4.23. The average Bonchev–Trinajstić information content (AvgIpc) is 3.20. The van der Waals surface area contributed by atoms with Crippen molar-refractivity contribution in [3.05, 3.63) is 98.4 Å². The van der Waals surface area contributed by atoms with E-state index in [1.807, 2.05) is 0 Å². The number of amides is 2. The van der Waals surface area contributed by atoms with Crippen LogP contribution in [0.15, 0.2) is 71.7 Å². The summed E-state index contributed by atoms with van der Waals surface area (Å²) < 4.78 is 1.51. The summed E-state index contributed by atoms with van der Waals surface area (Å²) in [6.07, 6.45) is 4.09. The van der Waals surface area contributed by atoms with Gasteiger partial charge < -0.3 is 10.6 Å². The number of rotatable bonds is 5. The van der Waals surface area contributed by atoms with Crippen LogP contribution in [0.1, 0.15) is 40.0 Å². The van der Waals surface area contributed by atoms with Crippen molar-refractivity contribution >= 4 is 35.0 Å². The van der Waals surface area contributed by atoms with Gasteiger partial charge in [0.15, 0.2) is 0 Å². The predicted molar refractivity (Wildman–Crippen MR) is 125 cm³/mol. The molecule has 2 aromatic carbocycles. The first-order chi connectivity index (χ1) is 15.4. The summed E-state index contributed by atoms with van der Waals surface area (Å²) in [4.78, 5) is 37.4. The fourth-order valence-electron chi connectivity index (χ4n) is 3.89. The number of hydrogen-bond acceptors (Lipinski definition) is 3. The lowest BCUT2D eigenvalue weighted by Crippen LogP contribution is -2.48. The van der Waals surface area contributed by atoms with Crippen LogP contribution in [-0.4, -0.2) is 28.5 Å². The summed E-state index contributed by atoms with van der Waals surface area (Å²) in [5, 5.41) is 6.74. The lowest BCUT2D eigenvalue weighted by Gasteiger charge is -2.22. The molecule has 3 aromatic rings. The Morgan fingerprint density at radius 3 is 2.22 bits per heavy atom. The van der Waals surface area contributed by atoms with Gasteiger partial charge in [-0.3, -0.25) is 19.0 Å². The number of nitrogens with zero attached hydrogens (tertiary/aromatic N) is 1. The first-order valence-corrected chi connectivity index (χ1v) is 11.0. The molecule has 2 atom stereocenters. The second-order valence-electron chi connectivity index (χ2n) is 7.67. The normalized spacial score (nSPS) is 17.7. The highest BCUT2D eigenvalue weighted by Crippen LogP contribution is 2.24. The molecule has 4 rings (SSSR count). The molecule has 0 aliphatic heterocycles. The molecule has 2 amide bonds. The summed E-state index contributed by atoms with van der Waals surface area (Å²) >= 11 is 12.0. The fourth-order valence-corrected chi connectivity index (χ4v) is 4.39. The zero-order valence-electron chi connectivity index (χ0n) is 17.1. The summed E-state index contributed by atoms with van der Waals surface area (Å²) in [5.41, 5.74) is 1.36. The maximum Gasteiger partial charge on any atom is 0.255 e. The monoisotopic (exact) mass is 469 g/mol. The Morgan fingerprint density at radius 1 is 0.875 bits per heavy atom. The van der Waals surface area contributed by atoms with E-state index in [1.165, 1.54) is 16.7 Å². The summed E-state index contributed by atoms with van der Waals surface area (Å²) in [7, 11) is 0. The highest BCUT2D eigenvalue weighted by molar-refractivity contribution is 6.36. The van der Waals surface area contributed by atoms with Gasteiger partial charge in [-0.2, -0.15) is 0 Å². The molecule has 2 N–H and O–H groups in total. The van der Waals surface area contributed by atoms with Crippen molar-refractivity contribution in [2.75, 3.05) is 0 Å². The molecule has 1 fully saturated rings. The lowest BCUT2D eigenvalue weighted by molar-refractivity contribution is 0.0892. The average molecular weight is 470 g/mol. The number of nitrogens with one attached hydrogen (secondary N) is 2. The Labute approximate surface area is 195 Å². The molecule has 1 aromatic heterocycles. The maximum absolute atomic E-state index is 12.8. The molecular formula is C24H21Cl2N3O3. The Balaban J connectivity index is 1.41. The smallest absolute Gasteiger partial charge is 0.255 e. The van der Waals surface area contributed by atoms with E-state index in [0.29, 0.717) is 21.8 Å². The number of hydrogen-bond donors (Lipinski definition) is 2. The Hall–Kier alpha value is -3.09. The van der Waals surface area contributed by atoms with Crippen LogP contribution < -0.4 is 16.2 Å². The number of benzene rings is 2. The van der Waals surface area contributed by atoms with E-state index >= 15 is 0 Å². The molecule has 1 unspecified atom stereocenters. The van der Waals surface area contributed by atoms with E-state index in [2.05, 4.69) is 10.6 Å². The van der Waals surface area contributed by atoms with E-state index < -0.39 is 0 Å². The van der Waals surface area contributed by atoms with E-state index in [1.54, 1.807) is 54.7 Å². The van der Waals surface area contributed by atoms with E-state index in [9.17, 15) is 14.4 Å². The third kappa shape index (κ3) is 4.87. The van der Waals surface area contributed by atoms with Gasteiger partial charge in [0.05, 0.1) is 10.6 Å². The zero-order valence-corrected chi connectivity index (χ0v) is 18.6. The van der Waals surface area contributed by atoms with Crippen molar-refractivity contribution in [2.24, 2.45) is 0 Å². The summed E-state index contributed by atoms with van der Waals surface area (Å²) in [5.74, 6) is -0.525. The van der Waals surface area contributed by atoms with Crippen LogP contribution in [0, 0.1) is 0 Å². The van der Waals surface area contributed by atoms with Gasteiger partial charge >= 0.3 is 0 Å². The van der Waals surface area contributed by atoms with Crippen molar-refractivity contribution in [2.45, 2.75) is 31.3 Å². The van der Waals surface area contributed by atoms with Gasteiger partial charge in [-0.1, -0.05) is 29.3 Å². The second-order valence-corrected chi connectivity index (χ2v) is 8.51. The molecule has 0 bridgehead atoms. The SMILES string of the molecule is O=C(NC1CCC[C@H]1NC(=O)c1ccc(Cl)cc1Cl)c1ccc(-n2ccccc2=O)cc1. The number of aromatic nitrogens is 1. The minimum absolute atomic E-state index is 0.143. The van der Waals surface area contributed by atoms with Gasteiger partial charge in [0.1, 0.15) is 0 Å². The van der Waals surface area contributed by atoms with Crippen LogP contribution in [0.25, 0.3) is 5.69 Å². The minimum Gasteiger partial charge on any atom is -0.347 e. The number of carbonyl (C=O) groups is 2. The van der Waals surface area contributed by atoms with Crippen LogP contribution in [0.2, 0.25) is 10.0 Å². The van der Waals surface area contributed by atoms with Crippen molar-refractivity contribution in [3.8, 4) is 5.69 Å². The Morgan fingerprint density at radius 2 is 1.56 bits per heavy atom. The van der Waals surface area contributed by atoms with Gasteiger partial charge in [-0.15, -0.1) is 0 Å². The molecule has 0 saturated heterocycles. The van der Waals surface area contributed by atoms with Crippen molar-refractivity contribution in [1.29, 1.82) is 0 Å². The molecule has 0 radical (unpaired) electrons. The molecule has 32 heavy (non-hydrogen) atoms. The lowest BCUT2D eigenvalue weighted by atomic mass is 10.1. The first kappa shape index (κ1) is 22.1. The highest BCUT2D eigenvalue weighted by atomic mass is 35.5. The van der Waals surface area contributed by atoms with Gasteiger partial charge in [0.25, 0.3) is 17.4 Å². The van der Waals surface area contributed by atoms with Gasteiger partial charge in [-0.25, -0.2) is 0 Å². The third-order valence-corrected chi connectivity index (χ3v) is 6.10. The van der Waals surface area contributed by atoms with E-state index in [-0.39, 0.29) is 34.5 Å². The highest BCUT2D eigenvalue weighted by Gasteiger charge is 2.30. The van der Waals surface area contributed by atoms with Crippen LogP contribution in [0.4, 0.5) is 0 Å². The molecule has 6 nitrogen and oxygen atoms in total. The minimum atomic E-state index is -0.296. The number of carbonyl (C=O) groups excluding carboxylic acids is 2. The number of pyridine rings is 1. The molecule has 1 saturated carbocycles. The molecule has 164 valence electrons. The number of halogens is 2. The molecule has 8 heteroatoms. The van der Waals surface area contributed by atoms with Crippen molar-refractivity contribution in [1.82, 2.24) is 15.2 Å². The maximum atomic E-state index is 12.8. The van der Waals surface area contributed by atoms with Crippen LogP contribution >= 0.6 is 23.2 Å². The van der Waals surface area contributed by atoms with Gasteiger partial charge in [0.2, 0.25) is 0 Å². The molecular weight excluding hydrogens is 449 g/mol. The van der Waals surface area contributed by atoms with Crippen molar-refractivity contribution in [3.63, 3.8) is 0 Å². The largest absolute Gasteiger partial charge is 0.347 e. The Kier molecular flexibility index (Phi) is 6.63. The fraction of sp³-hybridized carbons (Fsp3) is 0.208. The van der Waals surface area contributed by atoms with E-state index in [0.717, 1.165) is 19.3 Å². The first-order valence-electron chi connectivity index (χ1n) is 10.3. The van der Waals surface area contributed by atoms with Crippen molar-refractivity contribution < 1.29 is 9.59 Å². The van der Waals surface area contributed by atoms with E-state index in [4.69, 9.17) is 23.2 Å². The second kappa shape index (κ2) is 9.59.